The number of H-pyrrole nitrogens is 1. The second kappa shape index (κ2) is 8.74. The van der Waals surface area contributed by atoms with E-state index in [4.69, 9.17) is 4.74 Å². The number of fused-ring (bicyclic) bond motifs is 2. The zero-order valence-electron chi connectivity index (χ0n) is 17.6. The summed E-state index contributed by atoms with van der Waals surface area (Å²) >= 11 is 0. The van der Waals surface area contributed by atoms with Crippen LogP contribution in [-0.4, -0.2) is 40.4 Å². The Bertz CT molecular complexity index is 970. The van der Waals surface area contributed by atoms with Crippen molar-refractivity contribution in [3.63, 3.8) is 0 Å². The lowest BCUT2D eigenvalue weighted by Crippen LogP contribution is -2.49. The number of benzene rings is 2. The minimum absolute atomic E-state index is 0.0841. The van der Waals surface area contributed by atoms with E-state index < -0.39 is 5.60 Å². The molecule has 1 aromatic heterocycles. The van der Waals surface area contributed by atoms with E-state index in [1.165, 1.54) is 12.1 Å². The van der Waals surface area contributed by atoms with Gasteiger partial charge < -0.3 is 20.1 Å². The SMILES string of the molecule is CC(C)[C@H]1c2ccc(F)cc2OC[C@]1(O)CCNCCCc1nc2ccccc2[nH]1. The molecular formula is C24H30FN3O2. The van der Waals surface area contributed by atoms with Gasteiger partial charge in [-0.15, -0.1) is 0 Å². The van der Waals surface area contributed by atoms with Crippen molar-refractivity contribution in [1.29, 1.82) is 0 Å². The van der Waals surface area contributed by atoms with E-state index in [9.17, 15) is 9.50 Å². The van der Waals surface area contributed by atoms with Gasteiger partial charge in [0, 0.05) is 24.0 Å². The van der Waals surface area contributed by atoms with Crippen LogP contribution in [0.15, 0.2) is 42.5 Å². The summed E-state index contributed by atoms with van der Waals surface area (Å²) in [7, 11) is 0. The number of nitrogens with zero attached hydrogens (tertiary/aromatic N) is 1. The van der Waals surface area contributed by atoms with Crippen molar-refractivity contribution >= 4 is 11.0 Å². The molecule has 2 atom stereocenters. The van der Waals surface area contributed by atoms with E-state index in [0.717, 1.165) is 41.8 Å². The molecule has 0 amide bonds. The maximum atomic E-state index is 13.6. The molecule has 0 saturated carbocycles. The molecule has 3 N–H and O–H groups in total. The predicted molar refractivity (Wildman–Crippen MR) is 116 cm³/mol. The van der Waals surface area contributed by atoms with Crippen LogP contribution < -0.4 is 10.1 Å². The molecule has 0 radical (unpaired) electrons. The van der Waals surface area contributed by atoms with Gasteiger partial charge in [-0.3, -0.25) is 0 Å². The number of hydrogen-bond donors (Lipinski definition) is 3. The molecule has 1 aliphatic rings. The quantitative estimate of drug-likeness (QED) is 0.487. The molecule has 0 bridgehead atoms. The number of aryl methyl sites for hydroxylation is 1. The van der Waals surface area contributed by atoms with Crippen molar-refractivity contribution in [3.05, 3.63) is 59.7 Å². The van der Waals surface area contributed by atoms with Crippen LogP contribution in [0.4, 0.5) is 4.39 Å². The van der Waals surface area contributed by atoms with Crippen LogP contribution in [0.3, 0.4) is 0 Å². The first kappa shape index (κ1) is 20.8. The van der Waals surface area contributed by atoms with Crippen LogP contribution >= 0.6 is 0 Å². The maximum absolute atomic E-state index is 13.6. The summed E-state index contributed by atoms with van der Waals surface area (Å²) in [5.41, 5.74) is 2.00. The normalized spacial score (nSPS) is 21.0. The number of para-hydroxylation sites is 2. The molecular weight excluding hydrogens is 381 g/mol. The first-order valence-electron chi connectivity index (χ1n) is 10.8. The van der Waals surface area contributed by atoms with Gasteiger partial charge in [-0.2, -0.15) is 0 Å². The molecule has 1 aliphatic heterocycles. The van der Waals surface area contributed by atoms with Crippen LogP contribution in [-0.2, 0) is 6.42 Å². The van der Waals surface area contributed by atoms with Gasteiger partial charge >= 0.3 is 0 Å². The molecule has 0 unspecified atom stereocenters. The summed E-state index contributed by atoms with van der Waals surface area (Å²) in [6.07, 6.45) is 2.42. The summed E-state index contributed by atoms with van der Waals surface area (Å²) < 4.78 is 19.3. The average molecular weight is 412 g/mol. The largest absolute Gasteiger partial charge is 0.490 e. The van der Waals surface area contributed by atoms with Gasteiger partial charge in [0.05, 0.1) is 11.0 Å². The van der Waals surface area contributed by atoms with Crippen molar-refractivity contribution in [2.24, 2.45) is 5.92 Å². The van der Waals surface area contributed by atoms with E-state index in [1.807, 2.05) is 24.3 Å². The van der Waals surface area contributed by atoms with Crippen LogP contribution in [0.2, 0.25) is 0 Å². The predicted octanol–water partition coefficient (Wildman–Crippen LogP) is 4.18. The number of hydrogen-bond acceptors (Lipinski definition) is 4. The van der Waals surface area contributed by atoms with E-state index in [0.29, 0.717) is 18.7 Å². The molecule has 160 valence electrons. The minimum atomic E-state index is -0.968. The molecule has 0 aliphatic carbocycles. The van der Waals surface area contributed by atoms with E-state index in [-0.39, 0.29) is 24.3 Å². The van der Waals surface area contributed by atoms with Crippen molar-refractivity contribution in [1.82, 2.24) is 15.3 Å². The van der Waals surface area contributed by atoms with Crippen molar-refractivity contribution in [2.75, 3.05) is 19.7 Å². The third kappa shape index (κ3) is 4.35. The molecule has 2 heterocycles. The average Bonchev–Trinajstić information content (AvgIpc) is 3.13. The van der Waals surface area contributed by atoms with Gasteiger partial charge in [0.1, 0.15) is 29.6 Å². The Balaban J connectivity index is 1.29. The van der Waals surface area contributed by atoms with E-state index in [2.05, 4.69) is 29.1 Å². The lowest BCUT2D eigenvalue weighted by molar-refractivity contribution is -0.0595. The molecule has 5 nitrogen and oxygen atoms in total. The van der Waals surface area contributed by atoms with Crippen LogP contribution in [0, 0.1) is 11.7 Å². The zero-order valence-corrected chi connectivity index (χ0v) is 17.6. The fourth-order valence-corrected chi connectivity index (χ4v) is 4.61. The number of imidazole rings is 1. The van der Waals surface area contributed by atoms with Crippen molar-refractivity contribution in [3.8, 4) is 5.75 Å². The van der Waals surface area contributed by atoms with Crippen molar-refractivity contribution < 1.29 is 14.2 Å². The van der Waals surface area contributed by atoms with Gasteiger partial charge in [-0.25, -0.2) is 9.37 Å². The van der Waals surface area contributed by atoms with Crippen LogP contribution in [0.1, 0.15) is 44.0 Å². The number of aromatic amines is 1. The number of ether oxygens (including phenoxy) is 1. The summed E-state index contributed by atoms with van der Waals surface area (Å²) in [6, 6.07) is 12.7. The molecule has 2 aromatic carbocycles. The Hall–Kier alpha value is -2.44. The Morgan fingerprint density at radius 1 is 1.27 bits per heavy atom. The van der Waals surface area contributed by atoms with Crippen molar-refractivity contribution in [2.45, 2.75) is 44.6 Å². The monoisotopic (exact) mass is 411 g/mol. The van der Waals surface area contributed by atoms with Gasteiger partial charge in [0.25, 0.3) is 0 Å². The molecule has 0 saturated heterocycles. The van der Waals surface area contributed by atoms with Gasteiger partial charge in [0.2, 0.25) is 0 Å². The van der Waals surface area contributed by atoms with Gasteiger partial charge in [-0.05, 0) is 50.0 Å². The Kier molecular flexibility index (Phi) is 6.06. The highest BCUT2D eigenvalue weighted by Gasteiger charge is 2.44. The zero-order chi connectivity index (χ0) is 21.1. The third-order valence-corrected chi connectivity index (χ3v) is 5.97. The summed E-state index contributed by atoms with van der Waals surface area (Å²) in [4.78, 5) is 7.96. The Labute approximate surface area is 176 Å². The number of rotatable bonds is 8. The van der Waals surface area contributed by atoms with Crippen LogP contribution in [0.25, 0.3) is 11.0 Å². The molecule has 0 fully saturated rings. The highest BCUT2D eigenvalue weighted by atomic mass is 19.1. The Morgan fingerprint density at radius 3 is 2.90 bits per heavy atom. The fourth-order valence-electron chi connectivity index (χ4n) is 4.61. The van der Waals surface area contributed by atoms with E-state index >= 15 is 0 Å². The standard InChI is InChI=1S/C24H30FN3O2/c1-16(2)23-18-10-9-17(25)14-21(18)30-15-24(23,29)11-13-26-12-5-8-22-27-19-6-3-4-7-20(19)28-22/h3-4,6-7,9-10,14,16,23,26,29H,5,8,11-13,15H2,1-2H3,(H,27,28)/t23-,24+/m0/s1. The van der Waals surface area contributed by atoms with Gasteiger partial charge in [0.15, 0.2) is 0 Å². The number of aromatic nitrogens is 2. The van der Waals surface area contributed by atoms with Crippen LogP contribution in [0.5, 0.6) is 5.75 Å². The first-order valence-corrected chi connectivity index (χ1v) is 10.8. The first-order chi connectivity index (χ1) is 14.5. The summed E-state index contributed by atoms with van der Waals surface area (Å²) in [5.74, 6) is 1.38. The maximum Gasteiger partial charge on any atom is 0.126 e. The summed E-state index contributed by atoms with van der Waals surface area (Å²) in [6.45, 7) is 5.92. The highest BCUT2D eigenvalue weighted by Crippen LogP contribution is 2.45. The highest BCUT2D eigenvalue weighted by molar-refractivity contribution is 5.74. The molecule has 3 aromatic rings. The minimum Gasteiger partial charge on any atom is -0.490 e. The smallest absolute Gasteiger partial charge is 0.126 e. The lowest BCUT2D eigenvalue weighted by Gasteiger charge is -2.43. The third-order valence-electron chi connectivity index (χ3n) is 5.97. The second-order valence-corrected chi connectivity index (χ2v) is 8.60. The molecule has 4 rings (SSSR count). The molecule has 0 spiro atoms. The Morgan fingerprint density at radius 2 is 2.10 bits per heavy atom. The second-order valence-electron chi connectivity index (χ2n) is 8.60. The van der Waals surface area contributed by atoms with Gasteiger partial charge in [-0.1, -0.05) is 32.0 Å². The topological polar surface area (TPSA) is 70.2 Å². The number of aliphatic hydroxyl groups is 1. The fraction of sp³-hybridized carbons (Fsp3) is 0.458. The molecule has 30 heavy (non-hydrogen) atoms. The molecule has 6 heteroatoms. The number of halogens is 1. The summed E-state index contributed by atoms with van der Waals surface area (Å²) in [5, 5.41) is 14.8. The lowest BCUT2D eigenvalue weighted by atomic mass is 9.72. The number of nitrogens with one attached hydrogen (secondary N) is 2. The van der Waals surface area contributed by atoms with E-state index in [1.54, 1.807) is 6.07 Å².